The molecular weight excluding hydrogens is 277 g/mol. The van der Waals surface area contributed by atoms with E-state index in [1.807, 2.05) is 13.8 Å². The monoisotopic (exact) mass is 293 g/mol. The number of carbonyl (C=O) groups excluding carboxylic acids is 1. The average molecular weight is 293 g/mol. The maximum absolute atomic E-state index is 13.6. The van der Waals surface area contributed by atoms with Crippen LogP contribution in [0.15, 0.2) is 18.2 Å². The van der Waals surface area contributed by atoms with Gasteiger partial charge in [0.05, 0.1) is 17.3 Å². The molecule has 112 valence electrons. The summed E-state index contributed by atoms with van der Waals surface area (Å²) in [5.74, 6) is -1.84. The van der Waals surface area contributed by atoms with Gasteiger partial charge in [-0.05, 0) is 30.5 Å². The van der Waals surface area contributed by atoms with Crippen molar-refractivity contribution in [3.8, 4) is 6.07 Å². The molecule has 7 heteroatoms. The van der Waals surface area contributed by atoms with Gasteiger partial charge in [-0.3, -0.25) is 0 Å². The molecule has 1 aromatic rings. The van der Waals surface area contributed by atoms with Gasteiger partial charge in [0.1, 0.15) is 11.9 Å². The van der Waals surface area contributed by atoms with Crippen molar-refractivity contribution >= 4 is 17.7 Å². The van der Waals surface area contributed by atoms with Crippen LogP contribution in [0.5, 0.6) is 0 Å². The third-order valence-corrected chi connectivity index (χ3v) is 2.66. The van der Waals surface area contributed by atoms with Crippen LogP contribution in [0, 0.1) is 23.1 Å². The summed E-state index contributed by atoms with van der Waals surface area (Å²) in [5.41, 5.74) is 0.00173. The van der Waals surface area contributed by atoms with Crippen LogP contribution < -0.4 is 10.6 Å². The molecule has 0 radical (unpaired) electrons. The number of nitriles is 1. The van der Waals surface area contributed by atoms with Crippen molar-refractivity contribution in [2.75, 3.05) is 5.32 Å². The maximum atomic E-state index is 13.6. The molecule has 0 aromatic heterocycles. The number of hydrogen-bond donors (Lipinski definition) is 3. The van der Waals surface area contributed by atoms with E-state index < -0.39 is 23.9 Å². The zero-order valence-electron chi connectivity index (χ0n) is 11.7. The fourth-order valence-corrected chi connectivity index (χ4v) is 1.70. The molecule has 1 atom stereocenters. The molecule has 0 fully saturated rings. The average Bonchev–Trinajstić information content (AvgIpc) is 2.39. The number of hydrogen-bond acceptors (Lipinski definition) is 3. The number of nitrogens with zero attached hydrogens (tertiary/aromatic N) is 1. The molecule has 0 saturated heterocycles. The zero-order chi connectivity index (χ0) is 16.0. The van der Waals surface area contributed by atoms with Crippen molar-refractivity contribution in [2.45, 2.75) is 26.3 Å². The largest absolute Gasteiger partial charge is 0.480 e. The first-order chi connectivity index (χ1) is 9.83. The number of benzene rings is 1. The topological polar surface area (TPSA) is 102 Å². The minimum atomic E-state index is -1.15. The molecule has 0 aliphatic rings. The molecule has 0 saturated carbocycles. The molecule has 1 aromatic carbocycles. The number of aliphatic carboxylic acids is 1. The maximum Gasteiger partial charge on any atom is 0.326 e. The summed E-state index contributed by atoms with van der Waals surface area (Å²) in [6.07, 6.45) is 0.263. The molecule has 0 aliphatic carbocycles. The predicted octanol–water partition coefficient (Wildman–Crippen LogP) is 2.32. The van der Waals surface area contributed by atoms with E-state index in [-0.39, 0.29) is 23.6 Å². The second kappa shape index (κ2) is 7.24. The quantitative estimate of drug-likeness (QED) is 0.775. The summed E-state index contributed by atoms with van der Waals surface area (Å²) in [5, 5.41) is 22.1. The number of nitrogens with one attached hydrogen (secondary N) is 2. The van der Waals surface area contributed by atoms with Gasteiger partial charge in [0, 0.05) is 0 Å². The number of urea groups is 1. The van der Waals surface area contributed by atoms with Crippen molar-refractivity contribution in [1.82, 2.24) is 5.32 Å². The van der Waals surface area contributed by atoms with Gasteiger partial charge in [0.25, 0.3) is 0 Å². The first kappa shape index (κ1) is 16.4. The van der Waals surface area contributed by atoms with E-state index in [1.54, 1.807) is 6.07 Å². The molecule has 0 unspecified atom stereocenters. The van der Waals surface area contributed by atoms with E-state index in [9.17, 15) is 14.0 Å². The SMILES string of the molecule is CC(C)C[C@H](NC(=O)Nc1ccc(C#N)cc1F)C(=O)O. The lowest BCUT2D eigenvalue weighted by Gasteiger charge is -2.17. The van der Waals surface area contributed by atoms with Gasteiger partial charge in [-0.2, -0.15) is 5.26 Å². The summed E-state index contributed by atoms with van der Waals surface area (Å²) in [6.45, 7) is 3.66. The fourth-order valence-electron chi connectivity index (χ4n) is 1.70. The molecule has 0 aliphatic heterocycles. The van der Waals surface area contributed by atoms with Gasteiger partial charge >= 0.3 is 12.0 Å². The third-order valence-electron chi connectivity index (χ3n) is 2.66. The summed E-state index contributed by atoms with van der Waals surface area (Å²) >= 11 is 0. The summed E-state index contributed by atoms with van der Waals surface area (Å²) in [7, 11) is 0. The highest BCUT2D eigenvalue weighted by molar-refractivity contribution is 5.92. The minimum absolute atomic E-state index is 0.0815. The van der Waals surface area contributed by atoms with Gasteiger partial charge in [-0.25, -0.2) is 14.0 Å². The Bertz CT molecular complexity index is 581. The summed E-state index contributed by atoms with van der Waals surface area (Å²) in [6, 6.07) is 3.48. The van der Waals surface area contributed by atoms with Crippen LogP contribution >= 0.6 is 0 Å². The van der Waals surface area contributed by atoms with Crippen molar-refractivity contribution in [3.63, 3.8) is 0 Å². The van der Waals surface area contributed by atoms with Crippen LogP contribution in [0.3, 0.4) is 0 Å². The molecule has 0 bridgehead atoms. The van der Waals surface area contributed by atoms with Crippen molar-refractivity contribution in [1.29, 1.82) is 5.26 Å². The van der Waals surface area contributed by atoms with Crippen molar-refractivity contribution < 1.29 is 19.1 Å². The number of carboxylic acids is 1. The molecule has 21 heavy (non-hydrogen) atoms. The minimum Gasteiger partial charge on any atom is -0.480 e. The molecule has 2 amide bonds. The Morgan fingerprint density at radius 1 is 1.43 bits per heavy atom. The lowest BCUT2D eigenvalue weighted by Crippen LogP contribution is -2.43. The van der Waals surface area contributed by atoms with E-state index >= 15 is 0 Å². The van der Waals surface area contributed by atoms with Crippen molar-refractivity contribution in [3.05, 3.63) is 29.6 Å². The van der Waals surface area contributed by atoms with Crippen LogP contribution in [0.4, 0.5) is 14.9 Å². The molecule has 0 heterocycles. The molecular formula is C14H16FN3O3. The second-order valence-electron chi connectivity index (χ2n) is 4.93. The number of amides is 2. The number of carbonyl (C=O) groups is 2. The van der Waals surface area contributed by atoms with E-state index in [4.69, 9.17) is 10.4 Å². The number of carboxylic acid groups (broad SMARTS) is 1. The highest BCUT2D eigenvalue weighted by Gasteiger charge is 2.21. The smallest absolute Gasteiger partial charge is 0.326 e. The first-order valence-electron chi connectivity index (χ1n) is 6.33. The number of halogens is 1. The Balaban J connectivity index is 2.72. The normalized spacial score (nSPS) is 11.6. The zero-order valence-corrected chi connectivity index (χ0v) is 11.7. The number of rotatable bonds is 5. The summed E-state index contributed by atoms with van der Waals surface area (Å²) < 4.78 is 13.6. The highest BCUT2D eigenvalue weighted by Crippen LogP contribution is 2.15. The van der Waals surface area contributed by atoms with E-state index in [2.05, 4.69) is 10.6 Å². The van der Waals surface area contributed by atoms with Crippen molar-refractivity contribution in [2.24, 2.45) is 5.92 Å². The number of anilines is 1. The van der Waals surface area contributed by atoms with Crippen LogP contribution in [-0.4, -0.2) is 23.1 Å². The Hall–Kier alpha value is -2.62. The van der Waals surface area contributed by atoms with Crippen LogP contribution in [0.2, 0.25) is 0 Å². The second-order valence-corrected chi connectivity index (χ2v) is 4.93. The van der Waals surface area contributed by atoms with Gasteiger partial charge < -0.3 is 15.7 Å². The highest BCUT2D eigenvalue weighted by atomic mass is 19.1. The Labute approximate surface area is 121 Å². The lowest BCUT2D eigenvalue weighted by atomic mass is 10.0. The Kier molecular flexibility index (Phi) is 5.67. The first-order valence-corrected chi connectivity index (χ1v) is 6.33. The van der Waals surface area contributed by atoms with Gasteiger partial charge in [0.15, 0.2) is 0 Å². The van der Waals surface area contributed by atoms with Crippen LogP contribution in [0.1, 0.15) is 25.8 Å². The lowest BCUT2D eigenvalue weighted by molar-refractivity contribution is -0.139. The molecule has 6 nitrogen and oxygen atoms in total. The predicted molar refractivity (Wildman–Crippen MR) is 74.1 cm³/mol. The van der Waals surface area contributed by atoms with Gasteiger partial charge in [-0.15, -0.1) is 0 Å². The molecule has 0 spiro atoms. The summed E-state index contributed by atoms with van der Waals surface area (Å²) in [4.78, 5) is 22.7. The van der Waals surface area contributed by atoms with Crippen LogP contribution in [0.25, 0.3) is 0 Å². The third kappa shape index (κ3) is 5.10. The van der Waals surface area contributed by atoms with Gasteiger partial charge in [0.2, 0.25) is 0 Å². The fraction of sp³-hybridized carbons (Fsp3) is 0.357. The van der Waals surface area contributed by atoms with E-state index in [1.165, 1.54) is 12.1 Å². The molecule has 1 rings (SSSR count). The Morgan fingerprint density at radius 2 is 2.10 bits per heavy atom. The Morgan fingerprint density at radius 3 is 2.57 bits per heavy atom. The standard InChI is InChI=1S/C14H16FN3O3/c1-8(2)5-12(13(19)20)18-14(21)17-11-4-3-9(7-16)6-10(11)15/h3-4,6,8,12H,5H2,1-2H3,(H,19,20)(H2,17,18,21)/t12-/m0/s1. The molecule has 3 N–H and O–H groups in total. The van der Waals surface area contributed by atoms with Crippen LogP contribution in [-0.2, 0) is 4.79 Å². The van der Waals surface area contributed by atoms with E-state index in [0.717, 1.165) is 6.07 Å². The van der Waals surface area contributed by atoms with E-state index in [0.29, 0.717) is 0 Å². The van der Waals surface area contributed by atoms with Gasteiger partial charge in [-0.1, -0.05) is 13.8 Å².